The Morgan fingerprint density at radius 2 is 1.82 bits per heavy atom. The van der Waals surface area contributed by atoms with Crippen molar-refractivity contribution in [2.24, 2.45) is 5.14 Å². The van der Waals surface area contributed by atoms with E-state index in [0.717, 1.165) is 11.6 Å². The lowest BCUT2D eigenvalue weighted by molar-refractivity contribution is -0.124. The van der Waals surface area contributed by atoms with Gasteiger partial charge in [-0.15, -0.1) is 0 Å². The number of carbonyl (C=O) groups is 2. The molecule has 0 spiro atoms. The van der Waals surface area contributed by atoms with Gasteiger partial charge >= 0.3 is 5.97 Å². The Labute approximate surface area is 163 Å². The predicted octanol–water partition coefficient (Wildman–Crippen LogP) is 1.42. The molecule has 0 aliphatic heterocycles. The summed E-state index contributed by atoms with van der Waals surface area (Å²) in [5.41, 5.74) is 0.934. The number of nitrogens with two attached hydrogens (primary N) is 1. The first kappa shape index (κ1) is 21.4. The smallest absolute Gasteiger partial charge is 0.342 e. The minimum atomic E-state index is -4.00. The summed E-state index contributed by atoms with van der Waals surface area (Å²) in [5, 5.41) is 7.76. The summed E-state index contributed by atoms with van der Waals surface area (Å²) < 4.78 is 32.9. The van der Waals surface area contributed by atoms with Crippen LogP contribution in [0.15, 0.2) is 53.4 Å². The van der Waals surface area contributed by atoms with Crippen LogP contribution < -0.4 is 15.2 Å². The van der Waals surface area contributed by atoms with Crippen molar-refractivity contribution in [3.05, 3.63) is 59.7 Å². The summed E-state index contributed by atoms with van der Waals surface area (Å²) in [6, 6.07) is 13.2. The van der Waals surface area contributed by atoms with Crippen molar-refractivity contribution in [2.75, 3.05) is 20.3 Å². The average molecular weight is 406 g/mol. The van der Waals surface area contributed by atoms with E-state index in [0.29, 0.717) is 6.54 Å². The van der Waals surface area contributed by atoms with E-state index in [4.69, 9.17) is 14.6 Å². The maximum absolute atomic E-state index is 12.2. The van der Waals surface area contributed by atoms with Crippen LogP contribution in [0.1, 0.15) is 28.8 Å². The number of benzene rings is 2. The van der Waals surface area contributed by atoms with E-state index in [1.807, 2.05) is 37.3 Å². The minimum absolute atomic E-state index is 0.0902. The van der Waals surface area contributed by atoms with Crippen LogP contribution in [0.2, 0.25) is 0 Å². The SMILES string of the molecule is COc1ccc(S(N)(=O)=O)cc1C(=O)OCC(=O)NC[C@H](C)c1ccccc1. The predicted molar refractivity (Wildman–Crippen MR) is 103 cm³/mol. The van der Waals surface area contributed by atoms with Gasteiger partial charge in [0.25, 0.3) is 5.91 Å². The molecule has 2 aromatic rings. The highest BCUT2D eigenvalue weighted by molar-refractivity contribution is 7.89. The molecule has 9 heteroatoms. The summed E-state index contributed by atoms with van der Waals surface area (Å²) >= 11 is 0. The molecule has 0 aromatic heterocycles. The average Bonchev–Trinajstić information content (AvgIpc) is 2.69. The van der Waals surface area contributed by atoms with Crippen LogP contribution >= 0.6 is 0 Å². The Balaban J connectivity index is 1.95. The summed E-state index contributed by atoms with van der Waals surface area (Å²) in [7, 11) is -2.68. The molecule has 2 aromatic carbocycles. The third kappa shape index (κ3) is 5.80. The summed E-state index contributed by atoms with van der Waals surface area (Å²) in [5.74, 6) is -1.17. The summed E-state index contributed by atoms with van der Waals surface area (Å²) in [6.07, 6.45) is 0. The van der Waals surface area contributed by atoms with Crippen LogP contribution in [-0.4, -0.2) is 40.6 Å². The van der Waals surface area contributed by atoms with Gasteiger partial charge < -0.3 is 14.8 Å². The Kier molecular flexibility index (Phi) is 7.13. The molecule has 0 radical (unpaired) electrons. The Hall–Kier alpha value is -2.91. The largest absolute Gasteiger partial charge is 0.496 e. The molecule has 8 nitrogen and oxygen atoms in total. The molecule has 0 heterocycles. The van der Waals surface area contributed by atoms with Gasteiger partial charge in [0.1, 0.15) is 11.3 Å². The topological polar surface area (TPSA) is 125 Å². The van der Waals surface area contributed by atoms with Gasteiger partial charge in [-0.2, -0.15) is 0 Å². The number of hydrogen-bond acceptors (Lipinski definition) is 6. The van der Waals surface area contributed by atoms with Crippen LogP contribution in [0.5, 0.6) is 5.75 Å². The highest BCUT2D eigenvalue weighted by Gasteiger charge is 2.19. The van der Waals surface area contributed by atoms with Crippen molar-refractivity contribution in [3.63, 3.8) is 0 Å². The lowest BCUT2D eigenvalue weighted by atomic mass is 10.0. The quantitative estimate of drug-likeness (QED) is 0.639. The number of esters is 1. The minimum Gasteiger partial charge on any atom is -0.496 e. The zero-order valence-corrected chi connectivity index (χ0v) is 16.4. The Morgan fingerprint density at radius 1 is 1.14 bits per heavy atom. The van der Waals surface area contributed by atoms with Crippen molar-refractivity contribution in [1.82, 2.24) is 5.32 Å². The van der Waals surface area contributed by atoms with E-state index in [9.17, 15) is 18.0 Å². The molecule has 0 unspecified atom stereocenters. The van der Waals surface area contributed by atoms with Gasteiger partial charge in [0.15, 0.2) is 6.61 Å². The summed E-state index contributed by atoms with van der Waals surface area (Å²) in [4.78, 5) is 23.9. The van der Waals surface area contributed by atoms with Crippen molar-refractivity contribution >= 4 is 21.9 Å². The second-order valence-corrected chi connectivity index (χ2v) is 7.66. The fourth-order valence-corrected chi connectivity index (χ4v) is 2.99. The maximum atomic E-state index is 12.2. The molecule has 3 N–H and O–H groups in total. The van der Waals surface area contributed by atoms with Crippen LogP contribution in [0.25, 0.3) is 0 Å². The van der Waals surface area contributed by atoms with Gasteiger partial charge in [0, 0.05) is 6.54 Å². The Bertz CT molecular complexity index is 944. The van der Waals surface area contributed by atoms with E-state index in [1.54, 1.807) is 0 Å². The molecule has 0 bridgehead atoms. The van der Waals surface area contributed by atoms with Crippen LogP contribution in [0, 0.1) is 0 Å². The van der Waals surface area contributed by atoms with Crippen molar-refractivity contribution in [2.45, 2.75) is 17.7 Å². The number of primary sulfonamides is 1. The van der Waals surface area contributed by atoms with Crippen molar-refractivity contribution in [3.8, 4) is 5.75 Å². The number of carbonyl (C=O) groups excluding carboxylic acids is 2. The molecule has 0 fully saturated rings. The molecule has 0 saturated carbocycles. The molecule has 1 amide bonds. The van der Waals surface area contributed by atoms with Crippen LogP contribution in [0.4, 0.5) is 0 Å². The Morgan fingerprint density at radius 3 is 2.43 bits per heavy atom. The number of methoxy groups -OCH3 is 1. The third-order valence-electron chi connectivity index (χ3n) is 4.03. The van der Waals surface area contributed by atoms with Crippen LogP contribution in [-0.2, 0) is 19.6 Å². The standard InChI is InChI=1S/C19H22N2O6S/c1-13(14-6-4-3-5-7-14)11-21-18(22)12-27-19(23)16-10-15(28(20,24)25)8-9-17(16)26-2/h3-10,13H,11-12H2,1-2H3,(H,21,22)(H2,20,24,25)/t13-/m0/s1. The van der Waals surface area contributed by atoms with Gasteiger partial charge in [-0.3, -0.25) is 4.79 Å². The number of ether oxygens (including phenoxy) is 2. The van der Waals surface area contributed by atoms with Gasteiger partial charge in [-0.05, 0) is 29.7 Å². The number of amides is 1. The zero-order valence-electron chi connectivity index (χ0n) is 15.5. The first-order valence-corrected chi connectivity index (χ1v) is 9.96. The molecule has 0 aliphatic carbocycles. The molecule has 2 rings (SSSR count). The highest BCUT2D eigenvalue weighted by atomic mass is 32.2. The molecule has 0 aliphatic rings. The highest BCUT2D eigenvalue weighted by Crippen LogP contribution is 2.22. The van der Waals surface area contributed by atoms with Gasteiger partial charge in [-0.1, -0.05) is 37.3 Å². The molecule has 28 heavy (non-hydrogen) atoms. The van der Waals surface area contributed by atoms with Gasteiger partial charge in [-0.25, -0.2) is 18.4 Å². The van der Waals surface area contributed by atoms with Crippen LogP contribution in [0.3, 0.4) is 0 Å². The molecular formula is C19H22N2O6S. The van der Waals surface area contributed by atoms with Gasteiger partial charge in [0.05, 0.1) is 12.0 Å². The zero-order chi connectivity index (χ0) is 20.7. The number of hydrogen-bond donors (Lipinski definition) is 2. The molecule has 150 valence electrons. The van der Waals surface area contributed by atoms with E-state index in [1.165, 1.54) is 19.2 Å². The first-order chi connectivity index (χ1) is 13.2. The fraction of sp³-hybridized carbons (Fsp3) is 0.263. The van der Waals surface area contributed by atoms with E-state index < -0.39 is 28.5 Å². The second kappa shape index (κ2) is 9.34. The molecule has 1 atom stereocenters. The van der Waals surface area contributed by atoms with Crippen molar-refractivity contribution < 1.29 is 27.5 Å². The maximum Gasteiger partial charge on any atom is 0.342 e. The lowest BCUT2D eigenvalue weighted by Gasteiger charge is -2.13. The summed E-state index contributed by atoms with van der Waals surface area (Å²) in [6.45, 7) is 1.83. The third-order valence-corrected chi connectivity index (χ3v) is 4.94. The van der Waals surface area contributed by atoms with E-state index >= 15 is 0 Å². The molecule has 0 saturated heterocycles. The fourth-order valence-electron chi connectivity index (χ4n) is 2.45. The monoisotopic (exact) mass is 406 g/mol. The van der Waals surface area contributed by atoms with Crippen molar-refractivity contribution in [1.29, 1.82) is 0 Å². The first-order valence-electron chi connectivity index (χ1n) is 8.42. The van der Waals surface area contributed by atoms with E-state index in [-0.39, 0.29) is 22.1 Å². The number of sulfonamides is 1. The number of rotatable bonds is 8. The second-order valence-electron chi connectivity index (χ2n) is 6.10. The number of nitrogens with one attached hydrogen (secondary N) is 1. The molecular weight excluding hydrogens is 384 g/mol. The normalized spacial score (nSPS) is 12.1. The lowest BCUT2D eigenvalue weighted by Crippen LogP contribution is -2.31. The van der Waals surface area contributed by atoms with E-state index in [2.05, 4.69) is 5.32 Å². The van der Waals surface area contributed by atoms with Gasteiger partial charge in [0.2, 0.25) is 10.0 Å².